The van der Waals surface area contributed by atoms with Gasteiger partial charge in [0.25, 0.3) is 5.69 Å². The summed E-state index contributed by atoms with van der Waals surface area (Å²) in [5.41, 5.74) is 2.65. The number of hydrogen-bond acceptors (Lipinski definition) is 5. The van der Waals surface area contributed by atoms with Crippen LogP contribution in [0, 0.1) is 10.1 Å². The first-order chi connectivity index (χ1) is 15.6. The van der Waals surface area contributed by atoms with Gasteiger partial charge in [0.2, 0.25) is 0 Å². The number of nitro benzene ring substituents is 1. The zero-order valence-electron chi connectivity index (χ0n) is 17.3. The van der Waals surface area contributed by atoms with E-state index >= 15 is 0 Å². The van der Waals surface area contributed by atoms with Gasteiger partial charge in [0.15, 0.2) is 5.11 Å². The molecule has 5 rings (SSSR count). The van der Waals surface area contributed by atoms with Crippen LogP contribution in [0.1, 0.15) is 36.3 Å². The van der Waals surface area contributed by atoms with Crippen molar-refractivity contribution in [3.8, 4) is 5.69 Å². The summed E-state index contributed by atoms with van der Waals surface area (Å²) in [5, 5.41) is 15.4. The van der Waals surface area contributed by atoms with Crippen LogP contribution in [0.4, 0.5) is 5.69 Å². The van der Waals surface area contributed by atoms with Gasteiger partial charge in [0.1, 0.15) is 0 Å². The van der Waals surface area contributed by atoms with Gasteiger partial charge >= 0.3 is 0 Å². The maximum atomic E-state index is 11.3. The van der Waals surface area contributed by atoms with Gasteiger partial charge in [-0.05, 0) is 55.4 Å². The molecule has 2 aliphatic rings. The van der Waals surface area contributed by atoms with Crippen LogP contribution in [-0.2, 0) is 4.74 Å². The molecule has 0 spiro atoms. The fourth-order valence-corrected chi connectivity index (χ4v) is 4.87. The van der Waals surface area contributed by atoms with Gasteiger partial charge in [-0.25, -0.2) is 0 Å². The summed E-state index contributed by atoms with van der Waals surface area (Å²) >= 11 is 5.75. The number of nitrogens with zero attached hydrogens (tertiary/aromatic N) is 4. The molecule has 164 valence electrons. The average Bonchev–Trinajstić information content (AvgIpc) is 3.56. The molecule has 3 aromatic rings. The van der Waals surface area contributed by atoms with Gasteiger partial charge in [-0.3, -0.25) is 15.1 Å². The van der Waals surface area contributed by atoms with Crippen LogP contribution in [0.2, 0.25) is 0 Å². The molecular weight excluding hydrogens is 426 g/mol. The zero-order valence-corrected chi connectivity index (χ0v) is 18.1. The van der Waals surface area contributed by atoms with E-state index in [4.69, 9.17) is 17.0 Å². The Bertz CT molecular complexity index is 1130. The molecule has 1 aromatic carbocycles. The third-order valence-electron chi connectivity index (χ3n) is 6.02. The Morgan fingerprint density at radius 1 is 1.22 bits per heavy atom. The van der Waals surface area contributed by atoms with Gasteiger partial charge in [-0.1, -0.05) is 12.1 Å². The lowest BCUT2D eigenvalue weighted by Crippen LogP contribution is -2.36. The molecule has 2 saturated heterocycles. The molecule has 3 atom stereocenters. The molecule has 0 unspecified atom stereocenters. The molecule has 2 aliphatic heterocycles. The lowest BCUT2D eigenvalue weighted by molar-refractivity contribution is -0.384. The number of pyridine rings is 1. The lowest BCUT2D eigenvalue weighted by Gasteiger charge is -2.30. The first kappa shape index (κ1) is 20.6. The third kappa shape index (κ3) is 3.85. The summed E-state index contributed by atoms with van der Waals surface area (Å²) in [4.78, 5) is 17.7. The number of non-ortho nitro benzene ring substituents is 1. The predicted molar refractivity (Wildman–Crippen MR) is 124 cm³/mol. The maximum absolute atomic E-state index is 11.3. The van der Waals surface area contributed by atoms with Gasteiger partial charge in [0.05, 0.1) is 34.5 Å². The summed E-state index contributed by atoms with van der Waals surface area (Å²) < 4.78 is 7.89. The largest absolute Gasteiger partial charge is 0.376 e. The van der Waals surface area contributed by atoms with Crippen LogP contribution in [0.15, 0.2) is 67.0 Å². The van der Waals surface area contributed by atoms with E-state index in [1.54, 1.807) is 18.3 Å². The number of aromatic nitrogens is 2. The van der Waals surface area contributed by atoms with E-state index in [9.17, 15) is 10.1 Å². The standard InChI is InChI=1S/C23H23N5O3S/c29-28(30)17-7-3-6-16(14-17)26-12-4-10-20(26)22-21(19-9-1-2-11-24-19)25-23(32)27(22)15-18-8-5-13-31-18/h1-4,6-7,9-12,14,18,21-22H,5,8,13,15H2,(H,25,32)/t18-,21-,22+/m0/s1. The highest BCUT2D eigenvalue weighted by molar-refractivity contribution is 7.80. The van der Waals surface area contributed by atoms with E-state index in [1.807, 2.05) is 47.2 Å². The van der Waals surface area contributed by atoms with Crippen molar-refractivity contribution >= 4 is 23.0 Å². The van der Waals surface area contributed by atoms with Crippen molar-refractivity contribution in [3.05, 3.63) is 88.5 Å². The zero-order chi connectivity index (χ0) is 22.1. The highest BCUT2D eigenvalue weighted by atomic mass is 32.1. The van der Waals surface area contributed by atoms with E-state index in [-0.39, 0.29) is 28.8 Å². The topological polar surface area (TPSA) is 85.5 Å². The van der Waals surface area contributed by atoms with E-state index in [0.717, 1.165) is 36.5 Å². The Hall–Kier alpha value is -3.30. The van der Waals surface area contributed by atoms with Crippen LogP contribution in [0.25, 0.3) is 5.69 Å². The molecule has 0 amide bonds. The molecule has 0 radical (unpaired) electrons. The number of nitrogens with one attached hydrogen (secondary N) is 1. The fraction of sp³-hybridized carbons (Fsp3) is 0.304. The van der Waals surface area contributed by atoms with Crippen molar-refractivity contribution < 1.29 is 9.66 Å². The van der Waals surface area contributed by atoms with E-state index in [2.05, 4.69) is 15.2 Å². The molecule has 4 heterocycles. The molecule has 32 heavy (non-hydrogen) atoms. The summed E-state index contributed by atoms with van der Waals surface area (Å²) in [7, 11) is 0. The molecule has 2 fully saturated rings. The van der Waals surface area contributed by atoms with Gasteiger partial charge < -0.3 is 19.5 Å². The number of hydrogen-bond donors (Lipinski definition) is 1. The number of nitro groups is 1. The first-order valence-corrected chi connectivity index (χ1v) is 11.0. The Morgan fingerprint density at radius 2 is 2.12 bits per heavy atom. The molecule has 9 heteroatoms. The monoisotopic (exact) mass is 449 g/mol. The highest BCUT2D eigenvalue weighted by Crippen LogP contribution is 2.40. The smallest absolute Gasteiger partial charge is 0.271 e. The normalized spacial score (nSPS) is 22.8. The quantitative estimate of drug-likeness (QED) is 0.347. The minimum Gasteiger partial charge on any atom is -0.376 e. The molecule has 0 bridgehead atoms. The minimum absolute atomic E-state index is 0.0553. The Labute approximate surface area is 191 Å². The van der Waals surface area contributed by atoms with Gasteiger partial charge in [0, 0.05) is 43.4 Å². The second kappa shape index (κ2) is 8.68. The highest BCUT2D eigenvalue weighted by Gasteiger charge is 2.42. The number of benzene rings is 1. The summed E-state index contributed by atoms with van der Waals surface area (Å²) in [5.74, 6) is 0. The fourth-order valence-electron chi connectivity index (χ4n) is 4.56. The van der Waals surface area contributed by atoms with E-state index in [1.165, 1.54) is 6.07 Å². The second-order valence-corrected chi connectivity index (χ2v) is 8.38. The number of ether oxygens (including phenoxy) is 1. The third-order valence-corrected chi connectivity index (χ3v) is 6.38. The lowest BCUT2D eigenvalue weighted by atomic mass is 10.0. The van der Waals surface area contributed by atoms with Crippen molar-refractivity contribution in [1.29, 1.82) is 0 Å². The molecule has 0 saturated carbocycles. The summed E-state index contributed by atoms with van der Waals surface area (Å²) in [6.45, 7) is 1.46. The van der Waals surface area contributed by atoms with Crippen LogP contribution in [0.3, 0.4) is 0 Å². The second-order valence-electron chi connectivity index (χ2n) is 7.99. The van der Waals surface area contributed by atoms with Gasteiger partial charge in [-0.15, -0.1) is 0 Å². The van der Waals surface area contributed by atoms with E-state index in [0.29, 0.717) is 11.7 Å². The van der Waals surface area contributed by atoms with Crippen molar-refractivity contribution in [2.24, 2.45) is 0 Å². The predicted octanol–water partition coefficient (Wildman–Crippen LogP) is 3.93. The van der Waals surface area contributed by atoms with Crippen molar-refractivity contribution in [2.45, 2.75) is 31.0 Å². The Morgan fingerprint density at radius 3 is 2.88 bits per heavy atom. The molecule has 8 nitrogen and oxygen atoms in total. The SMILES string of the molecule is O=[N+]([O-])c1cccc(-n2cccc2[C@@H]2[C@H](c3ccccn3)NC(=S)N2C[C@@H]2CCCO2)c1. The van der Waals surface area contributed by atoms with E-state index < -0.39 is 0 Å². The molecular formula is C23H23N5O3S. The van der Waals surface area contributed by atoms with Crippen molar-refractivity contribution in [3.63, 3.8) is 0 Å². The summed E-state index contributed by atoms with van der Waals surface area (Å²) in [6, 6.07) is 16.2. The number of thiocarbonyl (C=S) groups is 1. The van der Waals surface area contributed by atoms with Crippen LogP contribution < -0.4 is 5.32 Å². The van der Waals surface area contributed by atoms with Crippen LogP contribution >= 0.6 is 12.2 Å². The van der Waals surface area contributed by atoms with Crippen LogP contribution in [0.5, 0.6) is 0 Å². The van der Waals surface area contributed by atoms with Gasteiger partial charge in [-0.2, -0.15) is 0 Å². The van der Waals surface area contributed by atoms with Crippen LogP contribution in [-0.4, -0.2) is 43.7 Å². The molecule has 2 aromatic heterocycles. The Balaban J connectivity index is 1.57. The average molecular weight is 450 g/mol. The van der Waals surface area contributed by atoms with Crippen molar-refractivity contribution in [2.75, 3.05) is 13.2 Å². The maximum Gasteiger partial charge on any atom is 0.271 e. The van der Waals surface area contributed by atoms with Crippen molar-refractivity contribution in [1.82, 2.24) is 19.8 Å². The first-order valence-electron chi connectivity index (χ1n) is 10.6. The Kier molecular flexibility index (Phi) is 5.59. The molecule has 0 aliphatic carbocycles. The molecule has 1 N–H and O–H groups in total. The minimum atomic E-state index is -0.376. The number of rotatable bonds is 6. The summed E-state index contributed by atoms with van der Waals surface area (Å²) in [6.07, 6.45) is 5.89.